The van der Waals surface area contributed by atoms with Gasteiger partial charge in [-0.2, -0.15) is 0 Å². The summed E-state index contributed by atoms with van der Waals surface area (Å²) in [5.41, 5.74) is 1.63. The van der Waals surface area contributed by atoms with Crippen molar-refractivity contribution in [3.63, 3.8) is 0 Å². The minimum absolute atomic E-state index is 0.107. The molecule has 1 aromatic carbocycles. The molecule has 0 spiro atoms. The highest BCUT2D eigenvalue weighted by atomic mass is 16.5. The molecule has 7 nitrogen and oxygen atoms in total. The lowest BCUT2D eigenvalue weighted by Crippen LogP contribution is -2.45. The van der Waals surface area contributed by atoms with Crippen LogP contribution in [0.25, 0.3) is 0 Å². The van der Waals surface area contributed by atoms with Crippen LogP contribution in [0, 0.1) is 0 Å². The van der Waals surface area contributed by atoms with Gasteiger partial charge in [0.15, 0.2) is 0 Å². The number of nitrogens with zero attached hydrogens (tertiary/aromatic N) is 2. The van der Waals surface area contributed by atoms with Gasteiger partial charge in [-0.05, 0) is 31.5 Å². The van der Waals surface area contributed by atoms with Crippen LogP contribution in [0.3, 0.4) is 0 Å². The number of ether oxygens (including phenoxy) is 1. The Morgan fingerprint density at radius 2 is 2.04 bits per heavy atom. The molecule has 24 heavy (non-hydrogen) atoms. The highest BCUT2D eigenvalue weighted by molar-refractivity contribution is 5.92. The van der Waals surface area contributed by atoms with E-state index in [9.17, 15) is 9.59 Å². The molecule has 1 saturated heterocycles. The quantitative estimate of drug-likeness (QED) is 0.779. The Hall–Kier alpha value is -2.44. The SMILES string of the molecule is CCC(C)NC(=O)Nc1cc(N2CCN(C=O)CC2)ccc1OC. The van der Waals surface area contributed by atoms with E-state index in [2.05, 4.69) is 15.5 Å². The van der Waals surface area contributed by atoms with E-state index in [1.807, 2.05) is 32.0 Å². The molecule has 3 amide bonds. The predicted octanol–water partition coefficient (Wildman–Crippen LogP) is 1.89. The number of anilines is 2. The van der Waals surface area contributed by atoms with Crippen molar-refractivity contribution in [3.8, 4) is 5.75 Å². The van der Waals surface area contributed by atoms with Gasteiger partial charge in [0.25, 0.3) is 0 Å². The Labute approximate surface area is 142 Å². The summed E-state index contributed by atoms with van der Waals surface area (Å²) in [4.78, 5) is 26.8. The number of carbonyl (C=O) groups excluding carboxylic acids is 2. The molecule has 0 bridgehead atoms. The van der Waals surface area contributed by atoms with E-state index in [0.29, 0.717) is 24.5 Å². The van der Waals surface area contributed by atoms with E-state index in [4.69, 9.17) is 4.74 Å². The molecule has 0 saturated carbocycles. The number of hydrogen-bond acceptors (Lipinski definition) is 4. The third kappa shape index (κ3) is 4.53. The van der Waals surface area contributed by atoms with Crippen molar-refractivity contribution >= 4 is 23.8 Å². The van der Waals surface area contributed by atoms with Gasteiger partial charge in [-0.1, -0.05) is 6.92 Å². The molecule has 1 aliphatic heterocycles. The average molecular weight is 334 g/mol. The Kier molecular flexibility index (Phi) is 6.28. The number of carbonyl (C=O) groups is 2. The lowest BCUT2D eigenvalue weighted by atomic mass is 10.2. The molecule has 7 heteroatoms. The van der Waals surface area contributed by atoms with Crippen molar-refractivity contribution in [2.75, 3.05) is 43.5 Å². The van der Waals surface area contributed by atoms with Gasteiger partial charge in [0.2, 0.25) is 6.41 Å². The van der Waals surface area contributed by atoms with Crippen molar-refractivity contribution in [3.05, 3.63) is 18.2 Å². The largest absolute Gasteiger partial charge is 0.495 e. The summed E-state index contributed by atoms with van der Waals surface area (Å²) in [6, 6.07) is 5.58. The van der Waals surface area contributed by atoms with Crippen LogP contribution in [0.1, 0.15) is 20.3 Å². The van der Waals surface area contributed by atoms with Crippen molar-refractivity contribution in [1.29, 1.82) is 0 Å². The van der Waals surface area contributed by atoms with Crippen LogP contribution >= 0.6 is 0 Å². The normalized spacial score (nSPS) is 15.6. The minimum atomic E-state index is -0.245. The Morgan fingerprint density at radius 3 is 2.62 bits per heavy atom. The van der Waals surface area contributed by atoms with Gasteiger partial charge in [-0.25, -0.2) is 4.79 Å². The molecule has 1 atom stereocenters. The van der Waals surface area contributed by atoms with E-state index in [0.717, 1.165) is 31.6 Å². The molecule has 0 radical (unpaired) electrons. The van der Waals surface area contributed by atoms with Crippen molar-refractivity contribution in [1.82, 2.24) is 10.2 Å². The first-order chi connectivity index (χ1) is 11.6. The summed E-state index contributed by atoms with van der Waals surface area (Å²) in [6.45, 7) is 6.91. The number of piperazine rings is 1. The van der Waals surface area contributed by atoms with Crippen LogP contribution in [0.15, 0.2) is 18.2 Å². The summed E-state index contributed by atoms with van der Waals surface area (Å²) in [6.07, 6.45) is 1.75. The molecular weight excluding hydrogens is 308 g/mol. The van der Waals surface area contributed by atoms with Gasteiger partial charge >= 0.3 is 6.03 Å². The van der Waals surface area contributed by atoms with E-state index >= 15 is 0 Å². The highest BCUT2D eigenvalue weighted by Crippen LogP contribution is 2.30. The molecule has 1 aromatic rings. The molecule has 0 aliphatic carbocycles. The Balaban J connectivity index is 2.09. The summed E-state index contributed by atoms with van der Waals surface area (Å²) in [5.74, 6) is 0.615. The third-order valence-electron chi connectivity index (χ3n) is 4.25. The van der Waals surface area contributed by atoms with Crippen LogP contribution in [0.5, 0.6) is 5.75 Å². The molecule has 1 heterocycles. The fourth-order valence-corrected chi connectivity index (χ4v) is 2.56. The Bertz CT molecular complexity index is 571. The lowest BCUT2D eigenvalue weighted by molar-refractivity contribution is -0.118. The second-order valence-corrected chi connectivity index (χ2v) is 5.92. The van der Waals surface area contributed by atoms with Crippen molar-refractivity contribution < 1.29 is 14.3 Å². The van der Waals surface area contributed by atoms with Crippen LogP contribution in [-0.2, 0) is 4.79 Å². The molecule has 132 valence electrons. The monoisotopic (exact) mass is 334 g/mol. The molecule has 2 rings (SSSR count). The maximum Gasteiger partial charge on any atom is 0.319 e. The zero-order chi connectivity index (χ0) is 17.5. The minimum Gasteiger partial charge on any atom is -0.495 e. The lowest BCUT2D eigenvalue weighted by Gasteiger charge is -2.34. The highest BCUT2D eigenvalue weighted by Gasteiger charge is 2.18. The zero-order valence-electron chi connectivity index (χ0n) is 14.5. The predicted molar refractivity (Wildman–Crippen MR) is 94.8 cm³/mol. The van der Waals surface area contributed by atoms with Gasteiger partial charge in [-0.15, -0.1) is 0 Å². The molecule has 0 aromatic heterocycles. The molecule has 1 fully saturated rings. The van der Waals surface area contributed by atoms with Crippen molar-refractivity contribution in [2.45, 2.75) is 26.3 Å². The standard InChI is InChI=1S/C17H26N4O3/c1-4-13(2)18-17(23)19-15-11-14(5-6-16(15)24-3)21-9-7-20(12-22)8-10-21/h5-6,11-13H,4,7-10H2,1-3H3,(H2,18,19,23). The topological polar surface area (TPSA) is 73.9 Å². The van der Waals surface area contributed by atoms with E-state index in [-0.39, 0.29) is 12.1 Å². The van der Waals surface area contributed by atoms with Gasteiger partial charge in [-0.3, -0.25) is 4.79 Å². The second kappa shape index (κ2) is 8.42. The number of rotatable bonds is 6. The summed E-state index contributed by atoms with van der Waals surface area (Å²) in [7, 11) is 1.58. The average Bonchev–Trinajstić information content (AvgIpc) is 2.61. The fraction of sp³-hybridized carbons (Fsp3) is 0.529. The first-order valence-electron chi connectivity index (χ1n) is 8.27. The second-order valence-electron chi connectivity index (χ2n) is 5.92. The van der Waals surface area contributed by atoms with Gasteiger partial charge < -0.3 is 25.2 Å². The van der Waals surface area contributed by atoms with Gasteiger partial charge in [0.05, 0.1) is 12.8 Å². The van der Waals surface area contributed by atoms with E-state index in [1.54, 1.807) is 12.0 Å². The zero-order valence-corrected chi connectivity index (χ0v) is 14.5. The molecule has 1 unspecified atom stereocenters. The number of hydrogen-bond donors (Lipinski definition) is 2. The van der Waals surface area contributed by atoms with E-state index < -0.39 is 0 Å². The first-order valence-corrected chi connectivity index (χ1v) is 8.27. The van der Waals surface area contributed by atoms with Crippen LogP contribution in [-0.4, -0.2) is 56.7 Å². The summed E-state index contributed by atoms with van der Waals surface area (Å²) in [5, 5.41) is 5.73. The number of nitrogens with one attached hydrogen (secondary N) is 2. The van der Waals surface area contributed by atoms with E-state index in [1.165, 1.54) is 0 Å². The third-order valence-corrected chi connectivity index (χ3v) is 4.25. The molecular formula is C17H26N4O3. The molecule has 1 aliphatic rings. The van der Waals surface area contributed by atoms with Crippen LogP contribution < -0.4 is 20.3 Å². The van der Waals surface area contributed by atoms with Crippen molar-refractivity contribution in [2.24, 2.45) is 0 Å². The maximum absolute atomic E-state index is 12.1. The fourth-order valence-electron chi connectivity index (χ4n) is 2.56. The number of methoxy groups -OCH3 is 1. The smallest absolute Gasteiger partial charge is 0.319 e. The number of urea groups is 1. The van der Waals surface area contributed by atoms with Crippen LogP contribution in [0.4, 0.5) is 16.2 Å². The molecule has 2 N–H and O–H groups in total. The summed E-state index contributed by atoms with van der Waals surface area (Å²) >= 11 is 0. The van der Waals surface area contributed by atoms with Gasteiger partial charge in [0.1, 0.15) is 5.75 Å². The number of amides is 3. The van der Waals surface area contributed by atoms with Crippen LogP contribution in [0.2, 0.25) is 0 Å². The first kappa shape index (κ1) is 17.9. The Morgan fingerprint density at radius 1 is 1.33 bits per heavy atom. The number of benzene rings is 1. The maximum atomic E-state index is 12.1. The van der Waals surface area contributed by atoms with Gasteiger partial charge in [0, 0.05) is 37.9 Å². The summed E-state index contributed by atoms with van der Waals surface area (Å²) < 4.78 is 5.34.